The number of carbonyl (C=O) groups excluding carboxylic acids is 1. The first-order valence-corrected chi connectivity index (χ1v) is 6.24. The second-order valence-corrected chi connectivity index (χ2v) is 5.38. The first-order valence-electron chi connectivity index (χ1n) is 6.24. The van der Waals surface area contributed by atoms with Gasteiger partial charge >= 0.3 is 5.97 Å². The van der Waals surface area contributed by atoms with Crippen molar-refractivity contribution < 1.29 is 19.5 Å². The van der Waals surface area contributed by atoms with E-state index < -0.39 is 12.1 Å². The Hall–Kier alpha value is -1.59. The Morgan fingerprint density at radius 2 is 2.17 bits per heavy atom. The lowest BCUT2D eigenvalue weighted by atomic mass is 9.89. The van der Waals surface area contributed by atoms with Gasteiger partial charge in [0.2, 0.25) is 6.10 Å². The van der Waals surface area contributed by atoms with Crippen LogP contribution in [0.3, 0.4) is 0 Å². The van der Waals surface area contributed by atoms with Crippen molar-refractivity contribution in [3.05, 3.63) is 0 Å². The summed E-state index contributed by atoms with van der Waals surface area (Å²) in [6, 6.07) is 0. The molecule has 18 heavy (non-hydrogen) atoms. The van der Waals surface area contributed by atoms with E-state index in [1.54, 1.807) is 0 Å². The number of carboxylic acid groups (broad SMARTS) is 1. The van der Waals surface area contributed by atoms with Crippen molar-refractivity contribution in [2.75, 3.05) is 6.54 Å². The van der Waals surface area contributed by atoms with Crippen molar-refractivity contribution in [3.8, 4) is 0 Å². The topological polar surface area (TPSA) is 88.0 Å². The van der Waals surface area contributed by atoms with Crippen molar-refractivity contribution in [2.45, 2.75) is 45.1 Å². The van der Waals surface area contributed by atoms with E-state index in [4.69, 9.17) is 9.94 Å². The number of carboxylic acids is 1. The summed E-state index contributed by atoms with van der Waals surface area (Å²) in [5.74, 6) is -1.41. The quantitative estimate of drug-likeness (QED) is 0.780. The van der Waals surface area contributed by atoms with Crippen molar-refractivity contribution in [1.29, 1.82) is 0 Å². The predicted octanol–water partition coefficient (Wildman–Crippen LogP) is 0.912. The fraction of sp³-hybridized carbons (Fsp3) is 0.750. The number of rotatable bonds is 4. The summed E-state index contributed by atoms with van der Waals surface area (Å²) in [6.45, 7) is 2.78. The Labute approximate surface area is 105 Å². The summed E-state index contributed by atoms with van der Waals surface area (Å²) in [7, 11) is 0. The Bertz CT molecular complexity index is 386. The second-order valence-electron chi connectivity index (χ2n) is 5.38. The molecular formula is C12H18N2O4. The number of oxime groups is 1. The summed E-state index contributed by atoms with van der Waals surface area (Å²) in [4.78, 5) is 27.3. The van der Waals surface area contributed by atoms with Gasteiger partial charge in [-0.2, -0.15) is 0 Å². The van der Waals surface area contributed by atoms with Gasteiger partial charge in [-0.15, -0.1) is 0 Å². The molecule has 2 rings (SSSR count). The van der Waals surface area contributed by atoms with Gasteiger partial charge in [-0.05, 0) is 18.3 Å². The van der Waals surface area contributed by atoms with E-state index in [1.807, 2.05) is 0 Å². The van der Waals surface area contributed by atoms with Gasteiger partial charge in [0.25, 0.3) is 5.91 Å². The summed E-state index contributed by atoms with van der Waals surface area (Å²) in [5, 5.41) is 14.9. The van der Waals surface area contributed by atoms with Crippen LogP contribution < -0.4 is 5.32 Å². The minimum Gasteiger partial charge on any atom is -0.477 e. The fourth-order valence-corrected chi connectivity index (χ4v) is 2.46. The highest BCUT2D eigenvalue weighted by Crippen LogP contribution is 2.36. The molecule has 6 nitrogen and oxygen atoms in total. The molecule has 0 saturated heterocycles. The van der Waals surface area contributed by atoms with E-state index in [0.29, 0.717) is 6.54 Å². The number of hydrogen-bond donors (Lipinski definition) is 2. The molecule has 6 heteroatoms. The third kappa shape index (κ3) is 2.80. The van der Waals surface area contributed by atoms with Gasteiger partial charge < -0.3 is 15.3 Å². The summed E-state index contributed by atoms with van der Waals surface area (Å²) >= 11 is 0. The molecule has 1 atom stereocenters. The number of nitrogens with one attached hydrogen (secondary N) is 1. The van der Waals surface area contributed by atoms with Crippen LogP contribution in [-0.4, -0.2) is 35.3 Å². The Morgan fingerprint density at radius 3 is 2.72 bits per heavy atom. The van der Waals surface area contributed by atoms with Gasteiger partial charge in [0.1, 0.15) is 0 Å². The number of aliphatic carboxylic acids is 1. The van der Waals surface area contributed by atoms with E-state index in [0.717, 1.165) is 12.8 Å². The van der Waals surface area contributed by atoms with Crippen molar-refractivity contribution in [1.82, 2.24) is 5.32 Å². The fourth-order valence-electron chi connectivity index (χ4n) is 2.46. The molecule has 1 heterocycles. The zero-order valence-corrected chi connectivity index (χ0v) is 10.4. The van der Waals surface area contributed by atoms with Crippen LogP contribution in [0.2, 0.25) is 0 Å². The van der Waals surface area contributed by atoms with Gasteiger partial charge in [0.05, 0.1) is 0 Å². The average Bonchev–Trinajstić information content (AvgIpc) is 2.95. The Morgan fingerprint density at radius 1 is 1.50 bits per heavy atom. The van der Waals surface area contributed by atoms with Crippen LogP contribution in [0.25, 0.3) is 0 Å². The van der Waals surface area contributed by atoms with Crippen LogP contribution in [0, 0.1) is 5.41 Å². The molecule has 1 unspecified atom stereocenters. The molecule has 1 aliphatic carbocycles. The number of carbonyl (C=O) groups is 2. The molecule has 2 aliphatic rings. The molecule has 0 spiro atoms. The third-order valence-electron chi connectivity index (χ3n) is 3.71. The lowest BCUT2D eigenvalue weighted by molar-refractivity contribution is -0.131. The number of hydrogen-bond acceptors (Lipinski definition) is 4. The minimum atomic E-state index is -1.13. The molecule has 2 N–H and O–H groups in total. The Balaban J connectivity index is 1.78. The van der Waals surface area contributed by atoms with Gasteiger partial charge in [0, 0.05) is 13.0 Å². The third-order valence-corrected chi connectivity index (χ3v) is 3.71. The number of nitrogens with zero attached hydrogens (tertiary/aromatic N) is 1. The first-order chi connectivity index (χ1) is 8.50. The molecule has 0 aromatic rings. The maximum Gasteiger partial charge on any atom is 0.353 e. The molecule has 1 amide bonds. The van der Waals surface area contributed by atoms with Crippen LogP contribution >= 0.6 is 0 Å². The normalized spacial score (nSPS) is 25.4. The second kappa shape index (κ2) is 4.96. The Kier molecular flexibility index (Phi) is 3.54. The van der Waals surface area contributed by atoms with Gasteiger partial charge in [-0.25, -0.2) is 4.79 Å². The number of amides is 1. The van der Waals surface area contributed by atoms with Crippen LogP contribution in [-0.2, 0) is 14.4 Å². The van der Waals surface area contributed by atoms with Crippen molar-refractivity contribution in [2.24, 2.45) is 10.6 Å². The van der Waals surface area contributed by atoms with Gasteiger partial charge in [-0.1, -0.05) is 24.9 Å². The van der Waals surface area contributed by atoms with Crippen LogP contribution in [0.1, 0.15) is 39.0 Å². The van der Waals surface area contributed by atoms with E-state index in [-0.39, 0.29) is 23.5 Å². The lowest BCUT2D eigenvalue weighted by Gasteiger charge is -2.24. The van der Waals surface area contributed by atoms with Gasteiger partial charge in [0.15, 0.2) is 5.71 Å². The maximum absolute atomic E-state index is 11.8. The predicted molar refractivity (Wildman–Crippen MR) is 64.1 cm³/mol. The smallest absolute Gasteiger partial charge is 0.353 e. The van der Waals surface area contributed by atoms with Crippen LogP contribution in [0.4, 0.5) is 0 Å². The summed E-state index contributed by atoms with van der Waals surface area (Å²) < 4.78 is 0. The molecule has 0 radical (unpaired) electrons. The zero-order valence-electron chi connectivity index (χ0n) is 10.4. The molecule has 1 aliphatic heterocycles. The highest BCUT2D eigenvalue weighted by atomic mass is 16.6. The highest BCUT2D eigenvalue weighted by Gasteiger charge is 2.34. The summed E-state index contributed by atoms with van der Waals surface area (Å²) in [6.07, 6.45) is 3.90. The molecule has 1 fully saturated rings. The van der Waals surface area contributed by atoms with E-state index in [9.17, 15) is 9.59 Å². The standard InChI is InChI=1S/C12H18N2O4/c1-12(4-2-3-5-12)7-13-10(15)9-6-8(11(16)17)14-18-9/h9H,2-7H2,1H3,(H,13,15)(H,16,17). The van der Waals surface area contributed by atoms with E-state index in [1.165, 1.54) is 12.8 Å². The highest BCUT2D eigenvalue weighted by molar-refractivity contribution is 6.36. The molecule has 100 valence electrons. The SMILES string of the molecule is CC1(CNC(=O)C2CC(C(=O)O)=NO2)CCCC1. The first kappa shape index (κ1) is 12.9. The van der Waals surface area contributed by atoms with Crippen LogP contribution in [0.15, 0.2) is 5.16 Å². The minimum absolute atomic E-state index is 0.0396. The van der Waals surface area contributed by atoms with E-state index in [2.05, 4.69) is 17.4 Å². The molecule has 0 aromatic carbocycles. The maximum atomic E-state index is 11.8. The van der Waals surface area contributed by atoms with Gasteiger partial charge in [-0.3, -0.25) is 4.79 Å². The monoisotopic (exact) mass is 254 g/mol. The van der Waals surface area contributed by atoms with E-state index >= 15 is 0 Å². The molecular weight excluding hydrogens is 236 g/mol. The zero-order chi connectivity index (χ0) is 13.2. The lowest BCUT2D eigenvalue weighted by Crippen LogP contribution is -2.40. The molecule has 0 aromatic heterocycles. The largest absolute Gasteiger partial charge is 0.477 e. The van der Waals surface area contributed by atoms with Crippen molar-refractivity contribution >= 4 is 17.6 Å². The van der Waals surface area contributed by atoms with Crippen LogP contribution in [0.5, 0.6) is 0 Å². The average molecular weight is 254 g/mol. The summed E-state index contributed by atoms with van der Waals surface area (Å²) in [5.41, 5.74) is 0.0762. The molecule has 1 saturated carbocycles. The molecule has 0 bridgehead atoms. The van der Waals surface area contributed by atoms with Crippen molar-refractivity contribution in [3.63, 3.8) is 0 Å².